The summed E-state index contributed by atoms with van der Waals surface area (Å²) in [5.41, 5.74) is 0. The molecular weight excluding hydrogens is 240 g/mol. The third kappa shape index (κ3) is 5.30. The summed E-state index contributed by atoms with van der Waals surface area (Å²) in [6.07, 6.45) is 3.82. The highest BCUT2D eigenvalue weighted by Crippen LogP contribution is 2.20. The lowest BCUT2D eigenvalue weighted by molar-refractivity contribution is -0.138. The maximum Gasteiger partial charge on any atom is 0.317 e. The van der Waals surface area contributed by atoms with Gasteiger partial charge in [-0.15, -0.1) is 0 Å². The van der Waals surface area contributed by atoms with Gasteiger partial charge in [-0.05, 0) is 25.0 Å². The van der Waals surface area contributed by atoms with Gasteiger partial charge in [0.2, 0.25) is 0 Å². The fourth-order valence-corrected chi connectivity index (χ4v) is 2.27. The van der Waals surface area contributed by atoms with E-state index < -0.39 is 5.97 Å². The van der Waals surface area contributed by atoms with E-state index in [2.05, 4.69) is 5.32 Å². The van der Waals surface area contributed by atoms with Crippen LogP contribution < -0.4 is 5.32 Å². The molecule has 0 aromatic carbocycles. The van der Waals surface area contributed by atoms with Gasteiger partial charge >= 0.3 is 12.0 Å². The normalized spacial score (nSPS) is 16.9. The zero-order valence-electron chi connectivity index (χ0n) is 10.1. The first-order chi connectivity index (χ1) is 8.13. The van der Waals surface area contributed by atoms with Crippen molar-refractivity contribution in [2.24, 2.45) is 5.92 Å². The maximum absolute atomic E-state index is 11.7. The Kier molecular flexibility index (Phi) is 6.18. The summed E-state index contributed by atoms with van der Waals surface area (Å²) in [7, 11) is 0. The van der Waals surface area contributed by atoms with Crippen LogP contribution in [0.2, 0.25) is 0 Å². The van der Waals surface area contributed by atoms with Crippen molar-refractivity contribution in [1.82, 2.24) is 10.2 Å². The van der Waals surface area contributed by atoms with Gasteiger partial charge < -0.3 is 15.3 Å². The molecular formula is C11H20N2O3S. The fraction of sp³-hybridized carbons (Fsp3) is 0.818. The molecule has 98 valence electrons. The number of hydrogen-bond donors (Lipinski definition) is 2. The molecule has 1 aliphatic rings. The van der Waals surface area contributed by atoms with Gasteiger partial charge in [0, 0.05) is 31.8 Å². The molecule has 0 radical (unpaired) electrons. The lowest BCUT2D eigenvalue weighted by Crippen LogP contribution is -2.45. The Morgan fingerprint density at radius 1 is 1.41 bits per heavy atom. The second-order valence-corrected chi connectivity index (χ2v) is 5.24. The smallest absolute Gasteiger partial charge is 0.317 e. The lowest BCUT2D eigenvalue weighted by atomic mass is 9.94. The molecule has 0 atom stereocenters. The van der Waals surface area contributed by atoms with E-state index in [4.69, 9.17) is 5.11 Å². The summed E-state index contributed by atoms with van der Waals surface area (Å²) in [6, 6.07) is -0.0205. The Morgan fingerprint density at radius 2 is 2.06 bits per heavy atom. The highest BCUT2D eigenvalue weighted by Gasteiger charge is 2.23. The lowest BCUT2D eigenvalue weighted by Gasteiger charge is -2.31. The average Bonchev–Trinajstić information content (AvgIpc) is 2.29. The number of carboxylic acid groups (broad SMARTS) is 1. The average molecular weight is 260 g/mol. The molecule has 0 unspecified atom stereocenters. The van der Waals surface area contributed by atoms with E-state index in [1.807, 2.05) is 6.26 Å². The molecule has 0 bridgehead atoms. The van der Waals surface area contributed by atoms with Crippen molar-refractivity contribution in [3.63, 3.8) is 0 Å². The molecule has 1 aliphatic heterocycles. The molecule has 1 heterocycles. The van der Waals surface area contributed by atoms with Gasteiger partial charge in [-0.1, -0.05) is 0 Å². The molecule has 0 saturated carbocycles. The molecule has 0 spiro atoms. The van der Waals surface area contributed by atoms with Crippen molar-refractivity contribution < 1.29 is 14.7 Å². The van der Waals surface area contributed by atoms with E-state index >= 15 is 0 Å². The van der Waals surface area contributed by atoms with Crippen LogP contribution in [-0.2, 0) is 4.79 Å². The van der Waals surface area contributed by atoms with Gasteiger partial charge in [0.05, 0.1) is 0 Å². The van der Waals surface area contributed by atoms with Crippen LogP contribution in [0.3, 0.4) is 0 Å². The molecule has 1 saturated heterocycles. The third-order valence-electron chi connectivity index (χ3n) is 2.95. The van der Waals surface area contributed by atoms with E-state index in [0.717, 1.165) is 18.6 Å². The largest absolute Gasteiger partial charge is 0.481 e. The quantitative estimate of drug-likeness (QED) is 0.730. The van der Waals surface area contributed by atoms with Crippen molar-refractivity contribution in [2.75, 3.05) is 31.6 Å². The minimum Gasteiger partial charge on any atom is -0.481 e. The molecule has 0 aliphatic carbocycles. The van der Waals surface area contributed by atoms with Gasteiger partial charge in [-0.2, -0.15) is 11.8 Å². The minimum atomic E-state index is -0.743. The van der Waals surface area contributed by atoms with E-state index in [0.29, 0.717) is 19.6 Å². The zero-order valence-corrected chi connectivity index (χ0v) is 11.0. The number of amides is 2. The SMILES string of the molecule is CSCCNC(=O)N1CCC(CC(=O)O)CC1. The number of hydrogen-bond acceptors (Lipinski definition) is 3. The molecule has 0 aromatic heterocycles. The van der Waals surface area contributed by atoms with Gasteiger partial charge in [0.25, 0.3) is 0 Å². The summed E-state index contributed by atoms with van der Waals surface area (Å²) in [4.78, 5) is 24.0. The van der Waals surface area contributed by atoms with Crippen LogP contribution in [0.5, 0.6) is 0 Å². The second-order valence-electron chi connectivity index (χ2n) is 4.25. The van der Waals surface area contributed by atoms with Crippen LogP contribution in [0.15, 0.2) is 0 Å². The number of nitrogens with zero attached hydrogens (tertiary/aromatic N) is 1. The van der Waals surface area contributed by atoms with Crippen LogP contribution in [-0.4, -0.2) is 53.6 Å². The standard InChI is InChI=1S/C11H20N2O3S/c1-17-7-4-12-11(16)13-5-2-9(3-6-13)8-10(14)15/h9H,2-8H2,1H3,(H,12,16)(H,14,15). The highest BCUT2D eigenvalue weighted by atomic mass is 32.2. The Hall–Kier alpha value is -0.910. The van der Waals surface area contributed by atoms with Gasteiger partial charge in [-0.3, -0.25) is 4.79 Å². The number of urea groups is 1. The monoisotopic (exact) mass is 260 g/mol. The number of piperidine rings is 1. The van der Waals surface area contributed by atoms with Crippen molar-refractivity contribution >= 4 is 23.8 Å². The van der Waals surface area contributed by atoms with Crippen molar-refractivity contribution in [3.05, 3.63) is 0 Å². The summed E-state index contributed by atoms with van der Waals surface area (Å²) in [5.74, 6) is 0.400. The van der Waals surface area contributed by atoms with E-state index in [1.54, 1.807) is 16.7 Å². The number of rotatable bonds is 5. The third-order valence-corrected chi connectivity index (χ3v) is 3.56. The van der Waals surface area contributed by atoms with Gasteiger partial charge in [0.1, 0.15) is 0 Å². The summed E-state index contributed by atoms with van der Waals surface area (Å²) >= 11 is 1.70. The Bertz CT molecular complexity index is 265. The molecule has 0 aromatic rings. The van der Waals surface area contributed by atoms with E-state index in [-0.39, 0.29) is 18.4 Å². The molecule has 1 rings (SSSR count). The number of carbonyl (C=O) groups excluding carboxylic acids is 1. The molecule has 5 nitrogen and oxygen atoms in total. The Morgan fingerprint density at radius 3 is 2.59 bits per heavy atom. The van der Waals surface area contributed by atoms with Gasteiger partial charge in [0.15, 0.2) is 0 Å². The molecule has 17 heavy (non-hydrogen) atoms. The molecule has 1 fully saturated rings. The predicted molar refractivity (Wildman–Crippen MR) is 68.3 cm³/mol. The number of likely N-dealkylation sites (tertiary alicyclic amines) is 1. The van der Waals surface area contributed by atoms with Crippen molar-refractivity contribution in [3.8, 4) is 0 Å². The van der Waals surface area contributed by atoms with Crippen LogP contribution in [0.4, 0.5) is 4.79 Å². The maximum atomic E-state index is 11.7. The summed E-state index contributed by atoms with van der Waals surface area (Å²) < 4.78 is 0. The summed E-state index contributed by atoms with van der Waals surface area (Å²) in [6.45, 7) is 2.03. The number of thioether (sulfide) groups is 1. The Balaban J connectivity index is 2.21. The van der Waals surface area contributed by atoms with Crippen LogP contribution >= 0.6 is 11.8 Å². The number of nitrogens with one attached hydrogen (secondary N) is 1. The highest BCUT2D eigenvalue weighted by molar-refractivity contribution is 7.98. The fourth-order valence-electron chi connectivity index (χ4n) is 1.96. The van der Waals surface area contributed by atoms with Crippen molar-refractivity contribution in [1.29, 1.82) is 0 Å². The minimum absolute atomic E-state index is 0.0205. The number of carboxylic acids is 1. The van der Waals surface area contributed by atoms with Crippen molar-refractivity contribution in [2.45, 2.75) is 19.3 Å². The number of aliphatic carboxylic acids is 1. The van der Waals surface area contributed by atoms with Crippen LogP contribution in [0.1, 0.15) is 19.3 Å². The van der Waals surface area contributed by atoms with Crippen LogP contribution in [0.25, 0.3) is 0 Å². The first kappa shape index (κ1) is 14.2. The molecule has 2 N–H and O–H groups in total. The van der Waals surface area contributed by atoms with Crippen LogP contribution in [0, 0.1) is 5.92 Å². The predicted octanol–water partition coefficient (Wildman–Crippen LogP) is 1.25. The molecule has 2 amide bonds. The summed E-state index contributed by atoms with van der Waals surface area (Å²) in [5, 5.41) is 11.5. The topological polar surface area (TPSA) is 69.6 Å². The van der Waals surface area contributed by atoms with Gasteiger partial charge in [-0.25, -0.2) is 4.79 Å². The molecule has 6 heteroatoms. The Labute approximate surface area is 106 Å². The first-order valence-corrected chi connectivity index (χ1v) is 7.26. The number of carbonyl (C=O) groups is 2. The second kappa shape index (κ2) is 7.42. The first-order valence-electron chi connectivity index (χ1n) is 5.87. The van der Waals surface area contributed by atoms with E-state index in [1.165, 1.54) is 0 Å². The van der Waals surface area contributed by atoms with E-state index in [9.17, 15) is 9.59 Å². The zero-order chi connectivity index (χ0) is 12.7.